The molecule has 6 aromatic heterocycles. The number of anilines is 1. The molecule has 0 aromatic carbocycles. The Labute approximate surface area is 214 Å². The molecule has 0 aliphatic carbocycles. The van der Waals surface area contributed by atoms with Gasteiger partial charge in [-0.05, 0) is 43.3 Å². The van der Waals surface area contributed by atoms with Gasteiger partial charge in [0.2, 0.25) is 0 Å². The number of carbonyl (C=O) groups is 1. The van der Waals surface area contributed by atoms with Crippen molar-refractivity contribution in [1.82, 2.24) is 35.1 Å². The predicted molar refractivity (Wildman–Crippen MR) is 144 cm³/mol. The van der Waals surface area contributed by atoms with Crippen molar-refractivity contribution < 1.29 is 4.79 Å². The highest BCUT2D eigenvalue weighted by molar-refractivity contribution is 7.17. The number of ketones is 1. The van der Waals surface area contributed by atoms with Gasteiger partial charge in [-0.15, -0.1) is 11.3 Å². The Morgan fingerprint density at radius 3 is 2.76 bits per heavy atom. The third kappa shape index (κ3) is 3.67. The van der Waals surface area contributed by atoms with Crippen LogP contribution in [0.5, 0.6) is 0 Å². The van der Waals surface area contributed by atoms with Gasteiger partial charge in [0, 0.05) is 36.2 Å². The predicted octanol–water partition coefficient (Wildman–Crippen LogP) is 4.04. The Kier molecular flexibility index (Phi) is 4.88. The third-order valence-corrected chi connectivity index (χ3v) is 7.71. The summed E-state index contributed by atoms with van der Waals surface area (Å²) in [5.41, 5.74) is 12.1. The molecule has 0 saturated carbocycles. The quantitative estimate of drug-likeness (QED) is 0.297. The van der Waals surface area contributed by atoms with E-state index in [-0.39, 0.29) is 11.8 Å². The highest BCUT2D eigenvalue weighted by Crippen LogP contribution is 2.35. The first-order valence-corrected chi connectivity index (χ1v) is 12.6. The molecule has 182 valence electrons. The summed E-state index contributed by atoms with van der Waals surface area (Å²) < 4.78 is 0. The number of nitrogens with zero attached hydrogens (tertiary/aromatic N) is 6. The van der Waals surface area contributed by atoms with E-state index in [0.717, 1.165) is 57.1 Å². The maximum absolute atomic E-state index is 11.8. The van der Waals surface area contributed by atoms with E-state index in [1.54, 1.807) is 25.5 Å². The molecule has 0 spiro atoms. The number of carbonyl (C=O) groups excluding carboxylic acids is 1. The molecule has 0 bridgehead atoms. The summed E-state index contributed by atoms with van der Waals surface area (Å²) in [4.78, 5) is 37.7. The van der Waals surface area contributed by atoms with Gasteiger partial charge in [-0.2, -0.15) is 5.10 Å². The zero-order valence-electron chi connectivity index (χ0n) is 19.8. The highest BCUT2D eigenvalue weighted by atomic mass is 32.1. The number of fused-ring (bicyclic) bond motifs is 2. The zero-order valence-corrected chi connectivity index (χ0v) is 20.6. The van der Waals surface area contributed by atoms with E-state index in [2.05, 4.69) is 30.0 Å². The van der Waals surface area contributed by atoms with Crippen molar-refractivity contribution in [3.8, 4) is 33.3 Å². The zero-order chi connectivity index (χ0) is 25.1. The number of hydrogen-bond donors (Lipinski definition) is 3. The topological polar surface area (TPSA) is 142 Å². The van der Waals surface area contributed by atoms with Crippen molar-refractivity contribution in [1.29, 1.82) is 0 Å². The minimum atomic E-state index is 0.0479. The molecular formula is C26H21N9OS. The molecule has 7 heterocycles. The van der Waals surface area contributed by atoms with Crippen LogP contribution in [0.1, 0.15) is 16.6 Å². The van der Waals surface area contributed by atoms with Crippen LogP contribution in [-0.2, 0) is 0 Å². The first-order valence-electron chi connectivity index (χ1n) is 11.8. The number of nitrogens with two attached hydrogens (primary N) is 1. The molecule has 0 atom stereocenters. The van der Waals surface area contributed by atoms with E-state index in [1.165, 1.54) is 11.3 Å². The van der Waals surface area contributed by atoms with Crippen LogP contribution in [-0.4, -0.2) is 60.0 Å². The lowest BCUT2D eigenvalue weighted by Gasteiger charge is -2.37. The van der Waals surface area contributed by atoms with Crippen LogP contribution in [0.25, 0.3) is 55.3 Å². The average Bonchev–Trinajstić information content (AvgIpc) is 3.64. The molecule has 10 nitrogen and oxygen atoms in total. The van der Waals surface area contributed by atoms with Crippen LogP contribution in [0, 0.1) is 0 Å². The van der Waals surface area contributed by atoms with Gasteiger partial charge in [-0.3, -0.25) is 19.9 Å². The summed E-state index contributed by atoms with van der Waals surface area (Å²) in [6.07, 6.45) is 5.23. The summed E-state index contributed by atoms with van der Waals surface area (Å²) in [5.74, 6) is 0.845. The van der Waals surface area contributed by atoms with Crippen LogP contribution in [0.3, 0.4) is 0 Å². The Balaban J connectivity index is 1.29. The van der Waals surface area contributed by atoms with Crippen LogP contribution < -0.4 is 10.6 Å². The van der Waals surface area contributed by atoms with Crippen molar-refractivity contribution in [2.24, 2.45) is 5.73 Å². The molecule has 1 saturated heterocycles. The number of pyridine rings is 2. The van der Waals surface area contributed by atoms with E-state index in [1.807, 2.05) is 36.4 Å². The molecule has 0 unspecified atom stereocenters. The van der Waals surface area contributed by atoms with Gasteiger partial charge in [-0.25, -0.2) is 9.97 Å². The molecule has 11 heteroatoms. The monoisotopic (exact) mass is 507 g/mol. The Morgan fingerprint density at radius 1 is 1.05 bits per heavy atom. The van der Waals surface area contributed by atoms with E-state index >= 15 is 0 Å². The fraction of sp³-hybridized carbons (Fsp3) is 0.154. The lowest BCUT2D eigenvalue weighted by atomic mass is 10.1. The fourth-order valence-corrected chi connectivity index (χ4v) is 5.50. The van der Waals surface area contributed by atoms with Crippen molar-refractivity contribution >= 4 is 44.9 Å². The number of thiophene rings is 1. The maximum Gasteiger partial charge on any atom is 0.169 e. The number of hydrogen-bond acceptors (Lipinski definition) is 9. The van der Waals surface area contributed by atoms with Gasteiger partial charge in [-0.1, -0.05) is 0 Å². The number of aromatic nitrogens is 7. The summed E-state index contributed by atoms with van der Waals surface area (Å²) in [7, 11) is 0. The number of aromatic amines is 2. The van der Waals surface area contributed by atoms with Crippen molar-refractivity contribution in [2.75, 3.05) is 18.0 Å². The van der Waals surface area contributed by atoms with Crippen LogP contribution >= 0.6 is 11.3 Å². The molecule has 0 amide bonds. The molecule has 7 rings (SSSR count). The highest BCUT2D eigenvalue weighted by Gasteiger charge is 2.25. The van der Waals surface area contributed by atoms with Crippen molar-refractivity contribution in [3.63, 3.8) is 0 Å². The SMILES string of the molecule is CC(=O)c1ccc(-c2nccc3[nH]c(-c4n[nH]c5ccc(-c6cncc(N7CC(N)C7)n6)nc45)cc23)s1. The standard InChI is InChI=1S/C26H21N9OS/c1-13(36)21-4-5-22(37-21)24-15-8-19(30-16(15)6-7-29-24)26-25-18(33-34-26)3-2-17(32-25)20-9-28-10-23(31-20)35-11-14(27)12-35/h2-10,14,30H,11-12,27H2,1H3,(H,33,34). The Bertz CT molecular complexity index is 1810. The van der Waals surface area contributed by atoms with Gasteiger partial charge in [0.15, 0.2) is 5.78 Å². The molecule has 1 aliphatic rings. The first-order chi connectivity index (χ1) is 18.0. The summed E-state index contributed by atoms with van der Waals surface area (Å²) in [6.45, 7) is 3.12. The smallest absolute Gasteiger partial charge is 0.169 e. The normalized spacial score (nSPS) is 13.9. The minimum Gasteiger partial charge on any atom is -0.353 e. The third-order valence-electron chi connectivity index (χ3n) is 6.52. The van der Waals surface area contributed by atoms with E-state index in [9.17, 15) is 4.79 Å². The molecular weight excluding hydrogens is 486 g/mol. The number of rotatable bonds is 5. The fourth-order valence-electron chi connectivity index (χ4n) is 4.59. The Morgan fingerprint density at radius 2 is 1.95 bits per heavy atom. The second kappa shape index (κ2) is 8.29. The average molecular weight is 508 g/mol. The van der Waals surface area contributed by atoms with Gasteiger partial charge >= 0.3 is 0 Å². The first kappa shape index (κ1) is 21.8. The summed E-state index contributed by atoms with van der Waals surface area (Å²) in [5, 5.41) is 8.60. The van der Waals surface area contributed by atoms with E-state index in [0.29, 0.717) is 22.0 Å². The minimum absolute atomic E-state index is 0.0479. The lowest BCUT2D eigenvalue weighted by molar-refractivity contribution is 0.102. The molecule has 4 N–H and O–H groups in total. The summed E-state index contributed by atoms with van der Waals surface area (Å²) >= 11 is 1.44. The van der Waals surface area contributed by atoms with E-state index < -0.39 is 0 Å². The van der Waals surface area contributed by atoms with E-state index in [4.69, 9.17) is 15.7 Å². The maximum atomic E-state index is 11.8. The number of H-pyrrole nitrogens is 2. The van der Waals surface area contributed by atoms with Crippen LogP contribution in [0.4, 0.5) is 5.82 Å². The molecule has 1 fully saturated rings. The second-order valence-corrected chi connectivity index (χ2v) is 10.2. The molecule has 1 aliphatic heterocycles. The Hall–Kier alpha value is -4.48. The number of nitrogens with one attached hydrogen (secondary N) is 2. The second-order valence-electron chi connectivity index (χ2n) is 9.12. The molecule has 6 aromatic rings. The largest absolute Gasteiger partial charge is 0.353 e. The molecule has 37 heavy (non-hydrogen) atoms. The van der Waals surface area contributed by atoms with Crippen LogP contribution in [0.15, 0.2) is 55.0 Å². The van der Waals surface area contributed by atoms with Gasteiger partial charge < -0.3 is 15.6 Å². The van der Waals surface area contributed by atoms with Crippen molar-refractivity contribution in [3.05, 3.63) is 59.9 Å². The van der Waals surface area contributed by atoms with Gasteiger partial charge in [0.05, 0.1) is 44.7 Å². The van der Waals surface area contributed by atoms with Crippen LogP contribution in [0.2, 0.25) is 0 Å². The van der Waals surface area contributed by atoms with Gasteiger partial charge in [0.25, 0.3) is 0 Å². The van der Waals surface area contributed by atoms with Gasteiger partial charge in [0.1, 0.15) is 22.7 Å². The lowest BCUT2D eigenvalue weighted by Crippen LogP contribution is -2.56. The summed E-state index contributed by atoms with van der Waals surface area (Å²) in [6, 6.07) is 11.8. The molecule has 0 radical (unpaired) electrons. The van der Waals surface area contributed by atoms with Crippen molar-refractivity contribution in [2.45, 2.75) is 13.0 Å². The number of Topliss-reactive ketones (excluding diaryl/α,β-unsaturated/α-hetero) is 1.